The fourth-order valence-corrected chi connectivity index (χ4v) is 2.07. The van der Waals surface area contributed by atoms with Crippen LogP contribution in [0.1, 0.15) is 20.7 Å². The number of benzene rings is 1. The second-order valence-electron chi connectivity index (χ2n) is 3.83. The molecule has 0 unspecified atom stereocenters. The average Bonchev–Trinajstić information content (AvgIpc) is 2.96. The molecule has 20 heavy (non-hydrogen) atoms. The zero-order valence-corrected chi connectivity index (χ0v) is 11.4. The van der Waals surface area contributed by atoms with Crippen LogP contribution in [0, 0.1) is 0 Å². The summed E-state index contributed by atoms with van der Waals surface area (Å²) in [6.45, 7) is 0. The Morgan fingerprint density at radius 1 is 1.20 bits per heavy atom. The van der Waals surface area contributed by atoms with Gasteiger partial charge in [0.25, 0.3) is 11.8 Å². The molecule has 2 rings (SSSR count). The van der Waals surface area contributed by atoms with E-state index in [-0.39, 0.29) is 11.1 Å². The minimum absolute atomic E-state index is 0.0361. The molecule has 0 saturated heterocycles. The van der Waals surface area contributed by atoms with Crippen molar-refractivity contribution in [2.75, 3.05) is 11.6 Å². The van der Waals surface area contributed by atoms with Gasteiger partial charge in [0.2, 0.25) is 0 Å². The number of anilines is 1. The average molecular weight is 292 g/mol. The molecular weight excluding hydrogens is 280 g/mol. The minimum Gasteiger partial charge on any atom is -0.471 e. The summed E-state index contributed by atoms with van der Waals surface area (Å²) in [5, 5.41) is 11.3. The van der Waals surface area contributed by atoms with Crippen LogP contribution in [-0.2, 0) is 0 Å². The highest BCUT2D eigenvalue weighted by molar-refractivity contribution is 7.98. The van der Waals surface area contributed by atoms with Gasteiger partial charge in [-0.25, -0.2) is 5.48 Å². The maximum Gasteiger partial charge on any atom is 0.278 e. The third-order valence-electron chi connectivity index (χ3n) is 2.58. The summed E-state index contributed by atoms with van der Waals surface area (Å²) in [6, 6.07) is 7.29. The van der Waals surface area contributed by atoms with Crippen molar-refractivity contribution >= 4 is 29.3 Å². The maximum absolute atomic E-state index is 12.1. The van der Waals surface area contributed by atoms with Crippen LogP contribution in [0.3, 0.4) is 0 Å². The SMILES string of the molecule is CSc1cccc(NC(=O)c2cocc2C(=O)NO)c1. The summed E-state index contributed by atoms with van der Waals surface area (Å²) in [5.74, 6) is -1.29. The summed E-state index contributed by atoms with van der Waals surface area (Å²) in [5.41, 5.74) is 2.08. The molecule has 3 N–H and O–H groups in total. The normalized spacial score (nSPS) is 10.1. The quantitative estimate of drug-likeness (QED) is 0.457. The van der Waals surface area contributed by atoms with Crippen LogP contribution in [0.5, 0.6) is 0 Å². The van der Waals surface area contributed by atoms with E-state index in [1.54, 1.807) is 17.8 Å². The first kappa shape index (κ1) is 14.2. The minimum atomic E-state index is -0.804. The van der Waals surface area contributed by atoms with E-state index < -0.39 is 11.8 Å². The van der Waals surface area contributed by atoms with Gasteiger partial charge in [-0.05, 0) is 24.5 Å². The molecule has 0 spiro atoms. The van der Waals surface area contributed by atoms with E-state index in [1.807, 2.05) is 24.5 Å². The molecule has 104 valence electrons. The van der Waals surface area contributed by atoms with E-state index in [2.05, 4.69) is 5.32 Å². The van der Waals surface area contributed by atoms with Gasteiger partial charge in [0.1, 0.15) is 12.5 Å². The molecule has 7 heteroatoms. The fourth-order valence-electron chi connectivity index (χ4n) is 1.61. The van der Waals surface area contributed by atoms with Crippen molar-refractivity contribution in [1.29, 1.82) is 0 Å². The Morgan fingerprint density at radius 3 is 2.55 bits per heavy atom. The lowest BCUT2D eigenvalue weighted by atomic mass is 10.1. The zero-order chi connectivity index (χ0) is 14.5. The van der Waals surface area contributed by atoms with Crippen molar-refractivity contribution in [3.63, 3.8) is 0 Å². The predicted molar refractivity (Wildman–Crippen MR) is 74.1 cm³/mol. The summed E-state index contributed by atoms with van der Waals surface area (Å²) < 4.78 is 4.84. The molecule has 0 radical (unpaired) electrons. The number of hydrogen-bond donors (Lipinski definition) is 3. The van der Waals surface area contributed by atoms with Crippen molar-refractivity contribution in [1.82, 2.24) is 5.48 Å². The first-order valence-electron chi connectivity index (χ1n) is 5.61. The van der Waals surface area contributed by atoms with Gasteiger partial charge in [0, 0.05) is 10.6 Å². The number of amides is 2. The van der Waals surface area contributed by atoms with Gasteiger partial charge in [0.15, 0.2) is 0 Å². The largest absolute Gasteiger partial charge is 0.471 e. The van der Waals surface area contributed by atoms with Crippen LogP contribution in [0.25, 0.3) is 0 Å². The van der Waals surface area contributed by atoms with E-state index in [4.69, 9.17) is 9.62 Å². The lowest BCUT2D eigenvalue weighted by molar-refractivity contribution is 0.0702. The summed E-state index contributed by atoms with van der Waals surface area (Å²) in [7, 11) is 0. The van der Waals surface area contributed by atoms with Gasteiger partial charge < -0.3 is 9.73 Å². The van der Waals surface area contributed by atoms with Crippen molar-refractivity contribution in [2.45, 2.75) is 4.90 Å². The molecular formula is C13H12N2O4S. The van der Waals surface area contributed by atoms with Crippen LogP contribution in [0.15, 0.2) is 46.1 Å². The molecule has 1 aromatic heterocycles. The summed E-state index contributed by atoms with van der Waals surface area (Å²) in [4.78, 5) is 24.4. The molecule has 1 aromatic carbocycles. The highest BCUT2D eigenvalue weighted by Crippen LogP contribution is 2.20. The Bertz CT molecular complexity index is 639. The molecule has 1 heterocycles. The van der Waals surface area contributed by atoms with Gasteiger partial charge in [-0.2, -0.15) is 0 Å². The molecule has 2 aromatic rings. The number of hydroxylamine groups is 1. The van der Waals surface area contributed by atoms with Gasteiger partial charge in [-0.15, -0.1) is 11.8 Å². The lowest BCUT2D eigenvalue weighted by Crippen LogP contribution is -2.22. The second kappa shape index (κ2) is 6.27. The van der Waals surface area contributed by atoms with Crippen LogP contribution < -0.4 is 10.8 Å². The number of carbonyl (C=O) groups excluding carboxylic acids is 2. The number of hydrogen-bond acceptors (Lipinski definition) is 5. The van der Waals surface area contributed by atoms with Crippen molar-refractivity contribution in [3.8, 4) is 0 Å². The number of rotatable bonds is 4. The Morgan fingerprint density at radius 2 is 1.90 bits per heavy atom. The van der Waals surface area contributed by atoms with E-state index in [9.17, 15) is 9.59 Å². The molecule has 0 aliphatic rings. The number of furan rings is 1. The van der Waals surface area contributed by atoms with Gasteiger partial charge in [-0.1, -0.05) is 6.07 Å². The second-order valence-corrected chi connectivity index (χ2v) is 4.71. The number of nitrogens with one attached hydrogen (secondary N) is 2. The van der Waals surface area contributed by atoms with Gasteiger partial charge in [-0.3, -0.25) is 14.8 Å². The Balaban J connectivity index is 2.20. The molecule has 0 aliphatic heterocycles. The highest BCUT2D eigenvalue weighted by atomic mass is 32.2. The predicted octanol–water partition coefficient (Wildman–Crippen LogP) is 2.37. The Kier molecular flexibility index (Phi) is 4.44. The molecule has 2 amide bonds. The van der Waals surface area contributed by atoms with Gasteiger partial charge >= 0.3 is 0 Å². The van der Waals surface area contributed by atoms with Crippen molar-refractivity contribution < 1.29 is 19.2 Å². The molecule has 0 aliphatic carbocycles. The number of carbonyl (C=O) groups is 2. The third kappa shape index (κ3) is 3.01. The monoisotopic (exact) mass is 292 g/mol. The van der Waals surface area contributed by atoms with Crippen LogP contribution >= 0.6 is 11.8 Å². The Hall–Kier alpha value is -2.25. The zero-order valence-electron chi connectivity index (χ0n) is 10.5. The Labute approximate surface area is 119 Å². The highest BCUT2D eigenvalue weighted by Gasteiger charge is 2.19. The molecule has 0 saturated carbocycles. The smallest absolute Gasteiger partial charge is 0.278 e. The molecule has 0 bridgehead atoms. The van der Waals surface area contributed by atoms with Crippen LogP contribution in [0.4, 0.5) is 5.69 Å². The van der Waals surface area contributed by atoms with Crippen molar-refractivity contribution in [2.24, 2.45) is 0 Å². The topological polar surface area (TPSA) is 91.6 Å². The van der Waals surface area contributed by atoms with E-state index in [0.717, 1.165) is 17.4 Å². The van der Waals surface area contributed by atoms with E-state index in [1.165, 1.54) is 5.48 Å². The first-order valence-corrected chi connectivity index (χ1v) is 6.84. The third-order valence-corrected chi connectivity index (χ3v) is 3.31. The standard InChI is InChI=1S/C13H12N2O4S/c1-20-9-4-2-3-8(5-9)14-12(16)10-6-19-7-11(10)13(17)15-18/h2-7,18H,1H3,(H,14,16)(H,15,17). The fraction of sp³-hybridized carbons (Fsp3) is 0.0769. The number of thioether (sulfide) groups is 1. The van der Waals surface area contributed by atoms with Crippen LogP contribution in [-0.4, -0.2) is 23.3 Å². The summed E-state index contributed by atoms with van der Waals surface area (Å²) >= 11 is 1.55. The molecule has 0 fully saturated rings. The molecule has 0 atom stereocenters. The lowest BCUT2D eigenvalue weighted by Gasteiger charge is -2.06. The van der Waals surface area contributed by atoms with Crippen molar-refractivity contribution in [3.05, 3.63) is 47.9 Å². The van der Waals surface area contributed by atoms with E-state index in [0.29, 0.717) is 5.69 Å². The van der Waals surface area contributed by atoms with Crippen LogP contribution in [0.2, 0.25) is 0 Å². The maximum atomic E-state index is 12.1. The summed E-state index contributed by atoms with van der Waals surface area (Å²) in [6.07, 6.45) is 4.18. The molecule has 6 nitrogen and oxygen atoms in total. The first-order chi connectivity index (χ1) is 9.65. The van der Waals surface area contributed by atoms with E-state index >= 15 is 0 Å². The van der Waals surface area contributed by atoms with Gasteiger partial charge in [0.05, 0.1) is 11.1 Å².